The van der Waals surface area contributed by atoms with Gasteiger partial charge in [-0.3, -0.25) is 9.59 Å². The number of hydrogen-bond donors (Lipinski definition) is 1. The molecule has 2 rings (SSSR count). The molecule has 0 radical (unpaired) electrons. The maximum atomic E-state index is 11.9. The zero-order valence-electron chi connectivity index (χ0n) is 16.3. The van der Waals surface area contributed by atoms with E-state index in [0.29, 0.717) is 22.9 Å². The number of ether oxygens (including phenoxy) is 2. The average molecular weight is 426 g/mol. The molecule has 1 amide bonds. The first kappa shape index (κ1) is 22.6. The number of carbonyl (C=O) groups excluding carboxylic acids is 3. The van der Waals surface area contributed by atoms with Crippen LogP contribution in [-0.4, -0.2) is 41.6 Å². The molecule has 154 valence electrons. The summed E-state index contributed by atoms with van der Waals surface area (Å²) < 4.78 is 10.1. The van der Waals surface area contributed by atoms with Crippen molar-refractivity contribution < 1.29 is 23.9 Å². The predicted molar refractivity (Wildman–Crippen MR) is 114 cm³/mol. The van der Waals surface area contributed by atoms with Gasteiger partial charge in [0.05, 0.1) is 11.7 Å². The summed E-state index contributed by atoms with van der Waals surface area (Å²) in [5, 5.41) is 3.35. The number of nitrogens with one attached hydrogen (secondary N) is 1. The summed E-state index contributed by atoms with van der Waals surface area (Å²) in [6.07, 6.45) is 4.32. The van der Waals surface area contributed by atoms with E-state index in [1.165, 1.54) is 12.2 Å². The van der Waals surface area contributed by atoms with Crippen molar-refractivity contribution in [3.8, 4) is 0 Å². The molecule has 0 aromatic heterocycles. The van der Waals surface area contributed by atoms with Crippen molar-refractivity contribution in [1.29, 1.82) is 0 Å². The lowest BCUT2D eigenvalue weighted by Crippen LogP contribution is -2.21. The van der Waals surface area contributed by atoms with Gasteiger partial charge in [0.2, 0.25) is 0 Å². The van der Waals surface area contributed by atoms with Gasteiger partial charge in [0.25, 0.3) is 5.91 Å². The fourth-order valence-corrected chi connectivity index (χ4v) is 5.62. The van der Waals surface area contributed by atoms with Crippen LogP contribution in [0.25, 0.3) is 0 Å². The van der Waals surface area contributed by atoms with E-state index in [1.54, 1.807) is 38.1 Å². The Morgan fingerprint density at radius 2 is 1.93 bits per heavy atom. The SMILES string of the molecule is CC(C)OC(=O)c1ccc(NC(=O)COC(=O)CCCC[C@@H]2CCSS2)cc1. The number of amides is 1. The highest BCUT2D eigenvalue weighted by Gasteiger charge is 2.16. The Hall–Kier alpha value is -1.67. The zero-order valence-corrected chi connectivity index (χ0v) is 17.9. The molecule has 1 saturated heterocycles. The molecule has 1 atom stereocenters. The summed E-state index contributed by atoms with van der Waals surface area (Å²) in [6, 6.07) is 6.37. The first-order chi connectivity index (χ1) is 13.4. The van der Waals surface area contributed by atoms with Crippen molar-refractivity contribution in [2.45, 2.75) is 57.3 Å². The van der Waals surface area contributed by atoms with Crippen LogP contribution >= 0.6 is 21.6 Å². The molecule has 6 nitrogen and oxygen atoms in total. The third-order valence-electron chi connectivity index (χ3n) is 4.00. The van der Waals surface area contributed by atoms with E-state index in [2.05, 4.69) is 5.32 Å². The van der Waals surface area contributed by atoms with E-state index in [1.807, 2.05) is 21.6 Å². The van der Waals surface area contributed by atoms with Crippen LogP contribution in [0.4, 0.5) is 5.69 Å². The Labute approximate surface area is 173 Å². The lowest BCUT2D eigenvalue weighted by Gasteiger charge is -2.09. The Morgan fingerprint density at radius 1 is 1.18 bits per heavy atom. The lowest BCUT2D eigenvalue weighted by atomic mass is 10.1. The number of benzene rings is 1. The quantitative estimate of drug-likeness (QED) is 0.337. The summed E-state index contributed by atoms with van der Waals surface area (Å²) in [4.78, 5) is 35.4. The fraction of sp³-hybridized carbons (Fsp3) is 0.550. The third kappa shape index (κ3) is 8.56. The number of esters is 2. The van der Waals surface area contributed by atoms with Gasteiger partial charge in [0.1, 0.15) is 0 Å². The molecule has 0 unspecified atom stereocenters. The minimum Gasteiger partial charge on any atom is -0.459 e. The molecule has 0 saturated carbocycles. The van der Waals surface area contributed by atoms with E-state index in [0.717, 1.165) is 19.3 Å². The van der Waals surface area contributed by atoms with E-state index in [9.17, 15) is 14.4 Å². The number of anilines is 1. The van der Waals surface area contributed by atoms with Crippen molar-refractivity contribution in [2.75, 3.05) is 17.7 Å². The minimum atomic E-state index is -0.412. The monoisotopic (exact) mass is 425 g/mol. The molecule has 1 N–H and O–H groups in total. The Morgan fingerprint density at radius 3 is 2.57 bits per heavy atom. The van der Waals surface area contributed by atoms with E-state index < -0.39 is 11.9 Å². The van der Waals surface area contributed by atoms with Gasteiger partial charge in [-0.1, -0.05) is 28.0 Å². The molecule has 0 aliphatic carbocycles. The fourth-order valence-electron chi connectivity index (χ4n) is 2.59. The number of rotatable bonds is 10. The second kappa shape index (κ2) is 12.0. The molecule has 1 aliphatic heterocycles. The van der Waals surface area contributed by atoms with Gasteiger partial charge >= 0.3 is 11.9 Å². The van der Waals surface area contributed by atoms with Gasteiger partial charge < -0.3 is 14.8 Å². The van der Waals surface area contributed by atoms with Crippen LogP contribution in [0.5, 0.6) is 0 Å². The Balaban J connectivity index is 1.62. The first-order valence-electron chi connectivity index (χ1n) is 9.49. The standard InChI is InChI=1S/C20H27NO5S2/c1-14(2)26-20(24)15-7-9-16(10-8-15)21-18(22)13-25-19(23)6-4-3-5-17-11-12-27-28-17/h7-10,14,17H,3-6,11-13H2,1-2H3,(H,21,22)/t17-/m1/s1. The van der Waals surface area contributed by atoms with Crippen LogP contribution in [0.1, 0.15) is 56.3 Å². The van der Waals surface area contributed by atoms with Crippen molar-refractivity contribution in [1.82, 2.24) is 0 Å². The molecule has 28 heavy (non-hydrogen) atoms. The van der Waals surface area contributed by atoms with Crippen molar-refractivity contribution in [2.24, 2.45) is 0 Å². The summed E-state index contributed by atoms with van der Waals surface area (Å²) in [6.45, 7) is 3.24. The van der Waals surface area contributed by atoms with Crippen LogP contribution in [0.3, 0.4) is 0 Å². The summed E-state index contributed by atoms with van der Waals surface area (Å²) >= 11 is 0. The molecule has 0 spiro atoms. The zero-order chi connectivity index (χ0) is 20.4. The maximum absolute atomic E-state index is 11.9. The van der Waals surface area contributed by atoms with E-state index >= 15 is 0 Å². The van der Waals surface area contributed by atoms with Gasteiger partial charge in [-0.15, -0.1) is 0 Å². The molecular formula is C20H27NO5S2. The largest absolute Gasteiger partial charge is 0.459 e. The number of carbonyl (C=O) groups is 3. The molecule has 0 bridgehead atoms. The van der Waals surface area contributed by atoms with Crippen LogP contribution in [0, 0.1) is 0 Å². The second-order valence-electron chi connectivity index (χ2n) is 6.81. The van der Waals surface area contributed by atoms with Crippen molar-refractivity contribution in [3.05, 3.63) is 29.8 Å². The highest BCUT2D eigenvalue weighted by molar-refractivity contribution is 8.77. The molecule has 8 heteroatoms. The summed E-state index contributed by atoms with van der Waals surface area (Å²) in [5.41, 5.74) is 0.932. The van der Waals surface area contributed by atoms with Crippen LogP contribution in [-0.2, 0) is 19.1 Å². The van der Waals surface area contributed by atoms with E-state index in [-0.39, 0.29) is 18.7 Å². The highest BCUT2D eigenvalue weighted by atomic mass is 33.1. The average Bonchev–Trinajstić information content (AvgIpc) is 3.17. The van der Waals surface area contributed by atoms with Crippen LogP contribution in [0.15, 0.2) is 24.3 Å². The lowest BCUT2D eigenvalue weighted by molar-refractivity contribution is -0.147. The molecule has 1 aliphatic rings. The molecule has 1 fully saturated rings. The van der Waals surface area contributed by atoms with Gasteiger partial charge in [-0.2, -0.15) is 0 Å². The second-order valence-corrected chi connectivity index (χ2v) is 9.60. The Bertz CT molecular complexity index is 657. The maximum Gasteiger partial charge on any atom is 0.338 e. The summed E-state index contributed by atoms with van der Waals surface area (Å²) in [5.74, 6) is 0.0461. The van der Waals surface area contributed by atoms with Crippen molar-refractivity contribution in [3.63, 3.8) is 0 Å². The Kier molecular flexibility index (Phi) is 9.70. The third-order valence-corrected chi connectivity index (χ3v) is 7.00. The van der Waals surface area contributed by atoms with Gasteiger partial charge in [0, 0.05) is 23.1 Å². The van der Waals surface area contributed by atoms with Crippen LogP contribution in [0.2, 0.25) is 0 Å². The topological polar surface area (TPSA) is 81.7 Å². The van der Waals surface area contributed by atoms with E-state index in [4.69, 9.17) is 9.47 Å². The molecule has 1 aromatic carbocycles. The first-order valence-corrected chi connectivity index (χ1v) is 11.9. The molecular weight excluding hydrogens is 398 g/mol. The van der Waals surface area contributed by atoms with Gasteiger partial charge in [0.15, 0.2) is 6.61 Å². The van der Waals surface area contributed by atoms with Gasteiger partial charge in [-0.25, -0.2) is 4.79 Å². The normalized spacial score (nSPS) is 16.0. The summed E-state index contributed by atoms with van der Waals surface area (Å²) in [7, 11) is 3.86. The number of hydrogen-bond acceptors (Lipinski definition) is 7. The van der Waals surface area contributed by atoms with Crippen molar-refractivity contribution >= 4 is 45.1 Å². The molecule has 1 aromatic rings. The number of unbranched alkanes of at least 4 members (excludes halogenated alkanes) is 1. The van der Waals surface area contributed by atoms with Crippen LogP contribution < -0.4 is 5.32 Å². The smallest absolute Gasteiger partial charge is 0.338 e. The predicted octanol–water partition coefficient (Wildman–Crippen LogP) is 4.45. The minimum absolute atomic E-state index is 0.192. The highest BCUT2D eigenvalue weighted by Crippen LogP contribution is 2.39. The van der Waals surface area contributed by atoms with Gasteiger partial charge in [-0.05, 0) is 57.4 Å². The molecule has 1 heterocycles.